The van der Waals surface area contributed by atoms with E-state index in [2.05, 4.69) is 10.3 Å². The van der Waals surface area contributed by atoms with Gasteiger partial charge in [-0.3, -0.25) is 4.79 Å². The molecule has 1 aromatic heterocycles. The van der Waals surface area contributed by atoms with Crippen molar-refractivity contribution in [1.82, 2.24) is 15.2 Å². The van der Waals surface area contributed by atoms with E-state index in [0.29, 0.717) is 18.0 Å². The predicted octanol–water partition coefficient (Wildman–Crippen LogP) is 4.18. The SMILES string of the molecule is CNCCC1CCN(C(=O)c2csc(Cc3ccc(F)cc3)n2)CC1.Cl.Cl. The second-order valence-corrected chi connectivity index (χ2v) is 7.50. The van der Waals surface area contributed by atoms with Crippen molar-refractivity contribution < 1.29 is 9.18 Å². The highest BCUT2D eigenvalue weighted by Gasteiger charge is 2.24. The Kier molecular flexibility index (Phi) is 10.2. The van der Waals surface area contributed by atoms with E-state index in [9.17, 15) is 9.18 Å². The minimum atomic E-state index is -0.239. The van der Waals surface area contributed by atoms with Gasteiger partial charge in [-0.05, 0) is 56.5 Å². The Morgan fingerprint density at radius 3 is 2.56 bits per heavy atom. The molecule has 8 heteroatoms. The van der Waals surface area contributed by atoms with E-state index >= 15 is 0 Å². The summed E-state index contributed by atoms with van der Waals surface area (Å²) in [5.41, 5.74) is 1.54. The minimum Gasteiger partial charge on any atom is -0.337 e. The number of carbonyl (C=O) groups excluding carboxylic acids is 1. The summed E-state index contributed by atoms with van der Waals surface area (Å²) in [4.78, 5) is 19.1. The lowest BCUT2D eigenvalue weighted by atomic mass is 9.93. The highest BCUT2D eigenvalue weighted by atomic mass is 35.5. The molecule has 1 amide bonds. The van der Waals surface area contributed by atoms with Gasteiger partial charge in [-0.25, -0.2) is 9.37 Å². The normalized spacial score (nSPS) is 14.4. The van der Waals surface area contributed by atoms with Crippen LogP contribution in [0.4, 0.5) is 4.39 Å². The smallest absolute Gasteiger partial charge is 0.273 e. The van der Waals surface area contributed by atoms with Crippen molar-refractivity contribution >= 4 is 42.1 Å². The van der Waals surface area contributed by atoms with Crippen LogP contribution in [0.15, 0.2) is 29.6 Å². The number of rotatable bonds is 6. The van der Waals surface area contributed by atoms with Gasteiger partial charge in [-0.2, -0.15) is 0 Å². The van der Waals surface area contributed by atoms with Crippen molar-refractivity contribution in [1.29, 1.82) is 0 Å². The molecular weight excluding hydrogens is 408 g/mol. The van der Waals surface area contributed by atoms with Crippen molar-refractivity contribution in [2.75, 3.05) is 26.7 Å². The average molecular weight is 434 g/mol. The van der Waals surface area contributed by atoms with Crippen LogP contribution in [0.2, 0.25) is 0 Å². The van der Waals surface area contributed by atoms with E-state index in [-0.39, 0.29) is 36.5 Å². The third kappa shape index (κ3) is 6.71. The first-order valence-corrected chi connectivity index (χ1v) is 9.66. The molecule has 0 bridgehead atoms. The van der Waals surface area contributed by atoms with E-state index in [0.717, 1.165) is 43.0 Å². The van der Waals surface area contributed by atoms with Crippen molar-refractivity contribution in [2.45, 2.75) is 25.7 Å². The molecule has 0 atom stereocenters. The quantitative estimate of drug-likeness (QED) is 0.742. The first-order chi connectivity index (χ1) is 12.2. The molecule has 0 spiro atoms. The summed E-state index contributed by atoms with van der Waals surface area (Å²) in [5.74, 6) is 0.506. The lowest BCUT2D eigenvalue weighted by Gasteiger charge is -2.31. The van der Waals surface area contributed by atoms with Crippen LogP contribution in [0, 0.1) is 11.7 Å². The number of hydrogen-bond donors (Lipinski definition) is 1. The van der Waals surface area contributed by atoms with E-state index in [1.165, 1.54) is 29.9 Å². The van der Waals surface area contributed by atoms with Crippen LogP contribution < -0.4 is 5.32 Å². The second kappa shape index (κ2) is 11.6. The molecule has 4 nitrogen and oxygen atoms in total. The summed E-state index contributed by atoms with van der Waals surface area (Å²) in [6, 6.07) is 6.42. The van der Waals surface area contributed by atoms with Crippen molar-refractivity contribution in [3.05, 3.63) is 51.7 Å². The maximum atomic E-state index is 13.0. The second-order valence-electron chi connectivity index (χ2n) is 6.56. The van der Waals surface area contributed by atoms with E-state index in [1.807, 2.05) is 17.3 Å². The van der Waals surface area contributed by atoms with Gasteiger partial charge < -0.3 is 10.2 Å². The van der Waals surface area contributed by atoms with Gasteiger partial charge in [0.25, 0.3) is 5.91 Å². The molecule has 0 aliphatic carbocycles. The molecule has 0 saturated carbocycles. The number of amides is 1. The largest absolute Gasteiger partial charge is 0.337 e. The summed E-state index contributed by atoms with van der Waals surface area (Å²) < 4.78 is 13.0. The van der Waals surface area contributed by atoms with Gasteiger partial charge in [0.15, 0.2) is 0 Å². The Bertz CT molecular complexity index is 703. The third-order valence-corrected chi connectivity index (χ3v) is 5.59. The van der Waals surface area contributed by atoms with Crippen LogP contribution in [0.1, 0.15) is 40.3 Å². The lowest BCUT2D eigenvalue weighted by Crippen LogP contribution is -2.39. The summed E-state index contributed by atoms with van der Waals surface area (Å²) in [7, 11) is 1.98. The van der Waals surface area contributed by atoms with Crippen LogP contribution in [-0.4, -0.2) is 42.5 Å². The monoisotopic (exact) mass is 433 g/mol. The molecule has 27 heavy (non-hydrogen) atoms. The molecule has 2 heterocycles. The molecule has 2 aromatic rings. The number of nitrogens with zero attached hydrogens (tertiary/aromatic N) is 2. The third-order valence-electron chi connectivity index (χ3n) is 4.74. The first-order valence-electron chi connectivity index (χ1n) is 8.78. The maximum absolute atomic E-state index is 13.0. The Hall–Kier alpha value is -1.21. The molecule has 0 radical (unpaired) electrons. The van der Waals surface area contributed by atoms with Gasteiger partial charge in [-0.1, -0.05) is 12.1 Å². The highest BCUT2D eigenvalue weighted by Crippen LogP contribution is 2.22. The van der Waals surface area contributed by atoms with Crippen LogP contribution in [0.3, 0.4) is 0 Å². The molecule has 0 unspecified atom stereocenters. The Morgan fingerprint density at radius 2 is 1.93 bits per heavy atom. The summed E-state index contributed by atoms with van der Waals surface area (Å²) in [5, 5.41) is 5.92. The van der Waals surface area contributed by atoms with E-state index < -0.39 is 0 Å². The number of thiazole rings is 1. The number of nitrogens with one attached hydrogen (secondary N) is 1. The zero-order valence-electron chi connectivity index (χ0n) is 15.3. The average Bonchev–Trinajstić information content (AvgIpc) is 3.10. The van der Waals surface area contributed by atoms with Gasteiger partial charge in [0.05, 0.1) is 5.01 Å². The molecule has 3 rings (SSSR count). The summed E-state index contributed by atoms with van der Waals surface area (Å²) in [6.45, 7) is 2.67. The molecule has 1 saturated heterocycles. The fraction of sp³-hybridized carbons (Fsp3) is 0.474. The molecule has 1 N–H and O–H groups in total. The summed E-state index contributed by atoms with van der Waals surface area (Å²) >= 11 is 1.49. The van der Waals surface area contributed by atoms with Gasteiger partial charge in [0.2, 0.25) is 0 Å². The van der Waals surface area contributed by atoms with Crippen molar-refractivity contribution in [3.8, 4) is 0 Å². The van der Waals surface area contributed by atoms with Gasteiger partial charge in [-0.15, -0.1) is 36.2 Å². The molecule has 1 aromatic carbocycles. The standard InChI is InChI=1S/C19H24FN3OS.2ClH/c1-21-9-6-14-7-10-23(11-8-14)19(24)17-13-25-18(22-17)12-15-2-4-16(20)5-3-15;;/h2-5,13-14,21H,6-12H2,1H3;2*1H. The topological polar surface area (TPSA) is 45.2 Å². The molecule has 1 fully saturated rings. The van der Waals surface area contributed by atoms with Crippen molar-refractivity contribution in [2.24, 2.45) is 5.92 Å². The minimum absolute atomic E-state index is 0. The van der Waals surface area contributed by atoms with E-state index in [1.54, 1.807) is 12.1 Å². The number of piperidine rings is 1. The maximum Gasteiger partial charge on any atom is 0.273 e. The molecule has 150 valence electrons. The number of aromatic nitrogens is 1. The Labute approximate surface area is 176 Å². The number of halogens is 3. The number of likely N-dealkylation sites (tertiary alicyclic amines) is 1. The lowest BCUT2D eigenvalue weighted by molar-refractivity contribution is 0.0682. The predicted molar refractivity (Wildman–Crippen MR) is 113 cm³/mol. The van der Waals surface area contributed by atoms with Gasteiger partial charge >= 0.3 is 0 Å². The van der Waals surface area contributed by atoms with Crippen LogP contribution >= 0.6 is 36.2 Å². The molecular formula is C19H26Cl2FN3OS. The highest BCUT2D eigenvalue weighted by molar-refractivity contribution is 7.09. The zero-order valence-corrected chi connectivity index (χ0v) is 17.8. The number of carbonyl (C=O) groups is 1. The van der Waals surface area contributed by atoms with Crippen LogP contribution in [0.25, 0.3) is 0 Å². The zero-order chi connectivity index (χ0) is 17.6. The summed E-state index contributed by atoms with van der Waals surface area (Å²) in [6.07, 6.45) is 3.95. The first kappa shape index (κ1) is 23.8. The van der Waals surface area contributed by atoms with Crippen molar-refractivity contribution in [3.63, 3.8) is 0 Å². The molecule has 1 aliphatic heterocycles. The molecule has 1 aliphatic rings. The Balaban J connectivity index is 0.00000182. The fourth-order valence-corrected chi connectivity index (χ4v) is 4.00. The van der Waals surface area contributed by atoms with E-state index in [4.69, 9.17) is 0 Å². The van der Waals surface area contributed by atoms with Crippen LogP contribution in [0.5, 0.6) is 0 Å². The van der Waals surface area contributed by atoms with Crippen LogP contribution in [-0.2, 0) is 6.42 Å². The van der Waals surface area contributed by atoms with Gasteiger partial charge in [0, 0.05) is 24.9 Å². The number of benzene rings is 1. The Morgan fingerprint density at radius 1 is 1.26 bits per heavy atom. The van der Waals surface area contributed by atoms with Gasteiger partial charge in [0.1, 0.15) is 11.5 Å². The number of hydrogen-bond acceptors (Lipinski definition) is 4. The fourth-order valence-electron chi connectivity index (χ4n) is 3.20.